The van der Waals surface area contributed by atoms with E-state index in [2.05, 4.69) is 0 Å². The molecule has 120 valence electrons. The molecule has 0 aliphatic carbocycles. The molecule has 0 saturated carbocycles. The number of hydrogen-bond donors (Lipinski definition) is 1. The van der Waals surface area contributed by atoms with E-state index in [9.17, 15) is 9.59 Å². The zero-order valence-corrected chi connectivity index (χ0v) is 12.8. The molecule has 1 amide bonds. The standard InChI is InChI=1S/C16H21NO5/c1-3-15(18)17-9-14(21-2)8-12(17)10-22-13-6-4-11(5-7-13)16(19)20/h4-7,12,14H,3,8-10H2,1-2H3,(H,19,20)/t12-,14?/m0/s1. The number of carboxylic acid groups (broad SMARTS) is 1. The third-order valence-corrected chi connectivity index (χ3v) is 3.88. The van der Waals surface area contributed by atoms with Crippen LogP contribution in [0.25, 0.3) is 0 Å². The van der Waals surface area contributed by atoms with Gasteiger partial charge in [-0.3, -0.25) is 4.79 Å². The van der Waals surface area contributed by atoms with Crippen molar-refractivity contribution in [3.05, 3.63) is 29.8 Å². The average Bonchev–Trinajstić information content (AvgIpc) is 2.96. The van der Waals surface area contributed by atoms with Crippen molar-refractivity contribution in [1.82, 2.24) is 4.90 Å². The normalized spacial score (nSPS) is 20.9. The lowest BCUT2D eigenvalue weighted by atomic mass is 10.2. The smallest absolute Gasteiger partial charge is 0.335 e. The lowest BCUT2D eigenvalue weighted by Gasteiger charge is -2.24. The number of benzene rings is 1. The van der Waals surface area contributed by atoms with Gasteiger partial charge in [-0.05, 0) is 30.7 Å². The van der Waals surface area contributed by atoms with Crippen LogP contribution in [0.5, 0.6) is 5.75 Å². The third-order valence-electron chi connectivity index (χ3n) is 3.88. The van der Waals surface area contributed by atoms with Crippen LogP contribution >= 0.6 is 0 Å². The van der Waals surface area contributed by atoms with Crippen LogP contribution in [0.4, 0.5) is 0 Å². The molecule has 1 aliphatic heterocycles. The molecule has 0 radical (unpaired) electrons. The van der Waals surface area contributed by atoms with Gasteiger partial charge in [-0.15, -0.1) is 0 Å². The van der Waals surface area contributed by atoms with E-state index in [0.29, 0.717) is 25.3 Å². The SMILES string of the molecule is CCC(=O)N1CC(OC)C[C@H]1COc1ccc(C(=O)O)cc1. The number of carbonyl (C=O) groups excluding carboxylic acids is 1. The van der Waals surface area contributed by atoms with Crippen molar-refractivity contribution in [2.24, 2.45) is 0 Å². The van der Waals surface area contributed by atoms with Crippen molar-refractivity contribution < 1.29 is 24.2 Å². The van der Waals surface area contributed by atoms with Crippen LogP contribution in [0.2, 0.25) is 0 Å². The van der Waals surface area contributed by atoms with Crippen LogP contribution in [0.3, 0.4) is 0 Å². The summed E-state index contributed by atoms with van der Waals surface area (Å²) < 4.78 is 11.0. The molecule has 2 atom stereocenters. The van der Waals surface area contributed by atoms with Crippen LogP contribution in [0.1, 0.15) is 30.1 Å². The zero-order chi connectivity index (χ0) is 16.1. The largest absolute Gasteiger partial charge is 0.491 e. The molecular formula is C16H21NO5. The fourth-order valence-electron chi connectivity index (χ4n) is 2.60. The number of methoxy groups -OCH3 is 1. The van der Waals surface area contributed by atoms with Gasteiger partial charge in [-0.2, -0.15) is 0 Å². The number of nitrogens with zero attached hydrogens (tertiary/aromatic N) is 1. The number of ether oxygens (including phenoxy) is 2. The highest BCUT2D eigenvalue weighted by atomic mass is 16.5. The molecule has 6 nitrogen and oxygen atoms in total. The van der Waals surface area contributed by atoms with Crippen molar-refractivity contribution in [3.63, 3.8) is 0 Å². The molecule has 22 heavy (non-hydrogen) atoms. The van der Waals surface area contributed by atoms with Crippen LogP contribution in [-0.2, 0) is 9.53 Å². The Balaban J connectivity index is 1.96. The Hall–Kier alpha value is -2.08. The van der Waals surface area contributed by atoms with E-state index >= 15 is 0 Å². The van der Waals surface area contributed by atoms with Crippen LogP contribution in [0.15, 0.2) is 24.3 Å². The average molecular weight is 307 g/mol. The number of rotatable bonds is 6. The van der Waals surface area contributed by atoms with Crippen molar-refractivity contribution >= 4 is 11.9 Å². The topological polar surface area (TPSA) is 76.1 Å². The number of carboxylic acids is 1. The van der Waals surface area contributed by atoms with Crippen molar-refractivity contribution in [2.45, 2.75) is 31.9 Å². The van der Waals surface area contributed by atoms with Gasteiger partial charge in [0.05, 0.1) is 17.7 Å². The van der Waals surface area contributed by atoms with Gasteiger partial charge in [0.25, 0.3) is 0 Å². The molecule has 1 saturated heterocycles. The van der Waals surface area contributed by atoms with Gasteiger partial charge < -0.3 is 19.5 Å². The van der Waals surface area contributed by atoms with Gasteiger partial charge >= 0.3 is 5.97 Å². The summed E-state index contributed by atoms with van der Waals surface area (Å²) in [6, 6.07) is 6.23. The Bertz CT molecular complexity index is 528. The monoisotopic (exact) mass is 307 g/mol. The molecule has 6 heteroatoms. The minimum absolute atomic E-state index is 0.0171. The van der Waals surface area contributed by atoms with Crippen LogP contribution in [-0.4, -0.2) is 54.3 Å². The Morgan fingerprint density at radius 1 is 1.32 bits per heavy atom. The first kappa shape index (κ1) is 16.3. The fraction of sp³-hybridized carbons (Fsp3) is 0.500. The molecule has 1 heterocycles. The van der Waals surface area contributed by atoms with E-state index < -0.39 is 5.97 Å². The summed E-state index contributed by atoms with van der Waals surface area (Å²) in [5.41, 5.74) is 0.218. The van der Waals surface area contributed by atoms with Gasteiger partial charge in [0.1, 0.15) is 12.4 Å². The number of aromatic carboxylic acids is 1. The quantitative estimate of drug-likeness (QED) is 0.867. The summed E-state index contributed by atoms with van der Waals surface area (Å²) in [6.45, 7) is 2.80. The Morgan fingerprint density at radius 3 is 2.55 bits per heavy atom. The van der Waals surface area contributed by atoms with Crippen molar-refractivity contribution in [2.75, 3.05) is 20.3 Å². The fourth-order valence-corrected chi connectivity index (χ4v) is 2.60. The molecular weight excluding hydrogens is 286 g/mol. The number of likely N-dealkylation sites (tertiary alicyclic amines) is 1. The van der Waals surface area contributed by atoms with E-state index in [-0.39, 0.29) is 23.6 Å². The maximum atomic E-state index is 12.0. The van der Waals surface area contributed by atoms with Gasteiger partial charge in [-0.1, -0.05) is 6.92 Å². The Kier molecular flexibility index (Phi) is 5.38. The first-order valence-corrected chi connectivity index (χ1v) is 7.33. The highest BCUT2D eigenvalue weighted by molar-refractivity contribution is 5.87. The molecule has 1 aromatic rings. The van der Waals surface area contributed by atoms with Crippen molar-refractivity contribution in [3.8, 4) is 5.75 Å². The van der Waals surface area contributed by atoms with Crippen LogP contribution < -0.4 is 4.74 Å². The predicted octanol–water partition coefficient (Wildman–Crippen LogP) is 1.79. The molecule has 1 unspecified atom stereocenters. The first-order chi connectivity index (χ1) is 10.5. The zero-order valence-electron chi connectivity index (χ0n) is 12.8. The molecule has 2 rings (SSSR count). The molecule has 0 aromatic heterocycles. The second-order valence-corrected chi connectivity index (χ2v) is 5.29. The van der Waals surface area contributed by atoms with E-state index in [4.69, 9.17) is 14.6 Å². The molecule has 0 bridgehead atoms. The minimum Gasteiger partial charge on any atom is -0.491 e. The maximum Gasteiger partial charge on any atom is 0.335 e. The summed E-state index contributed by atoms with van der Waals surface area (Å²) in [5, 5.41) is 8.86. The van der Waals surface area contributed by atoms with E-state index in [1.807, 2.05) is 6.92 Å². The van der Waals surface area contributed by atoms with Crippen molar-refractivity contribution in [1.29, 1.82) is 0 Å². The summed E-state index contributed by atoms with van der Waals surface area (Å²) in [6.07, 6.45) is 1.24. The second-order valence-electron chi connectivity index (χ2n) is 5.29. The van der Waals surface area contributed by atoms with Crippen LogP contribution in [0, 0.1) is 0 Å². The summed E-state index contributed by atoms with van der Waals surface area (Å²) in [7, 11) is 1.65. The number of amides is 1. The van der Waals surface area contributed by atoms with E-state index in [1.54, 1.807) is 24.1 Å². The molecule has 0 spiro atoms. The van der Waals surface area contributed by atoms with Gasteiger partial charge in [0.2, 0.25) is 5.91 Å². The number of carbonyl (C=O) groups is 2. The lowest BCUT2D eigenvalue weighted by Crippen LogP contribution is -2.38. The molecule has 1 N–H and O–H groups in total. The van der Waals surface area contributed by atoms with Gasteiger partial charge in [-0.25, -0.2) is 4.79 Å². The van der Waals surface area contributed by atoms with E-state index in [0.717, 1.165) is 6.42 Å². The maximum absolute atomic E-state index is 12.0. The Labute approximate surface area is 129 Å². The van der Waals surface area contributed by atoms with Gasteiger partial charge in [0.15, 0.2) is 0 Å². The molecule has 1 aromatic carbocycles. The summed E-state index contributed by atoms with van der Waals surface area (Å²) in [5.74, 6) is -0.283. The molecule has 1 aliphatic rings. The highest BCUT2D eigenvalue weighted by Crippen LogP contribution is 2.22. The summed E-state index contributed by atoms with van der Waals surface area (Å²) >= 11 is 0. The predicted molar refractivity (Wildman–Crippen MR) is 80.1 cm³/mol. The Morgan fingerprint density at radius 2 is 2.00 bits per heavy atom. The number of hydrogen-bond acceptors (Lipinski definition) is 4. The molecule has 1 fully saturated rings. The van der Waals surface area contributed by atoms with E-state index in [1.165, 1.54) is 12.1 Å². The summed E-state index contributed by atoms with van der Waals surface area (Å²) in [4.78, 5) is 24.6. The first-order valence-electron chi connectivity index (χ1n) is 7.33. The minimum atomic E-state index is -0.968. The lowest BCUT2D eigenvalue weighted by molar-refractivity contribution is -0.132. The third kappa shape index (κ3) is 3.76. The second kappa shape index (κ2) is 7.26. The highest BCUT2D eigenvalue weighted by Gasteiger charge is 2.34. The van der Waals surface area contributed by atoms with Gasteiger partial charge in [0, 0.05) is 20.1 Å².